The van der Waals surface area contributed by atoms with Gasteiger partial charge in [0, 0.05) is 23.7 Å². The van der Waals surface area contributed by atoms with Gasteiger partial charge in [0.2, 0.25) is 5.88 Å². The summed E-state index contributed by atoms with van der Waals surface area (Å²) in [6, 6.07) is 17.0. The molecule has 0 saturated heterocycles. The smallest absolute Gasteiger partial charge is 0.436 e. The number of amides is 1. The maximum Gasteiger partial charge on any atom is 0.436 e. The van der Waals surface area contributed by atoms with Crippen LogP contribution in [0.15, 0.2) is 54.6 Å². The molecule has 3 aromatic rings. The molecule has 1 N–H and O–H groups in total. The highest BCUT2D eigenvalue weighted by atomic mass is 16.7. The Hall–Kier alpha value is -3.32. The number of nitrogens with zero attached hydrogens (tertiary/aromatic N) is 3. The zero-order chi connectivity index (χ0) is 19.4. The first kappa shape index (κ1) is 18.5. The van der Waals surface area contributed by atoms with Gasteiger partial charge in [-0.3, -0.25) is 9.52 Å². The van der Waals surface area contributed by atoms with Crippen LogP contribution in [0.25, 0.3) is 11.3 Å². The van der Waals surface area contributed by atoms with Crippen LogP contribution in [0, 0.1) is 6.92 Å². The lowest BCUT2D eigenvalue weighted by Gasteiger charge is -2.19. The number of para-hydroxylation sites is 1. The Bertz CT molecular complexity index is 938. The van der Waals surface area contributed by atoms with Crippen LogP contribution >= 0.6 is 0 Å². The minimum absolute atomic E-state index is 0.162. The molecule has 7 heteroatoms. The fraction of sp³-hybridized carbons (Fsp3) is 0.200. The first-order valence-corrected chi connectivity index (χ1v) is 8.39. The third-order valence-corrected chi connectivity index (χ3v) is 4.22. The van der Waals surface area contributed by atoms with Gasteiger partial charge in [-0.25, -0.2) is 4.79 Å². The first-order chi connectivity index (χ1) is 13.0. The van der Waals surface area contributed by atoms with Crippen LogP contribution in [0.1, 0.15) is 11.1 Å². The van der Waals surface area contributed by atoms with E-state index in [0.717, 1.165) is 21.9 Å². The molecule has 0 unspecified atom stereocenters. The van der Waals surface area contributed by atoms with Crippen LogP contribution < -0.4 is 9.80 Å². The lowest BCUT2D eigenvalue weighted by Crippen LogP contribution is -2.28. The highest BCUT2D eigenvalue weighted by Gasteiger charge is 2.19. The van der Waals surface area contributed by atoms with Gasteiger partial charge in [-0.2, -0.15) is 5.06 Å². The van der Waals surface area contributed by atoms with Crippen molar-refractivity contribution in [3.8, 4) is 17.1 Å². The largest absolute Gasteiger partial charge is 0.471 e. The van der Waals surface area contributed by atoms with E-state index in [9.17, 15) is 9.90 Å². The standard InChI is InChI=1S/C20H21N3O4/c1-14-18(15-9-5-4-6-10-15)22(2)21-19(14)27-13-16-11-7-8-12-17(16)23(26-3)20(24)25/h4-12H,13H2,1-3H3,(H,24,25). The topological polar surface area (TPSA) is 76.8 Å². The molecule has 0 atom stereocenters. The molecule has 1 heterocycles. The van der Waals surface area contributed by atoms with Crippen molar-refractivity contribution in [2.75, 3.05) is 12.2 Å². The Morgan fingerprint density at radius 3 is 2.48 bits per heavy atom. The number of hydrogen-bond acceptors (Lipinski definition) is 4. The molecule has 140 valence electrons. The second kappa shape index (κ2) is 7.92. The predicted octanol–water partition coefficient (Wildman–Crippen LogP) is 4.02. The van der Waals surface area contributed by atoms with Gasteiger partial charge in [-0.15, -0.1) is 5.10 Å². The molecule has 1 aromatic heterocycles. The second-order valence-electron chi connectivity index (χ2n) is 5.95. The molecule has 3 rings (SSSR count). The zero-order valence-corrected chi connectivity index (χ0v) is 15.4. The van der Waals surface area contributed by atoms with Gasteiger partial charge in [-0.05, 0) is 13.0 Å². The number of hydroxylamine groups is 1. The summed E-state index contributed by atoms with van der Waals surface area (Å²) in [6.07, 6.45) is -1.20. The molecule has 0 aliphatic heterocycles. The van der Waals surface area contributed by atoms with E-state index in [1.807, 2.05) is 50.4 Å². The van der Waals surface area contributed by atoms with Gasteiger partial charge in [0.1, 0.15) is 6.61 Å². The van der Waals surface area contributed by atoms with Crippen molar-refractivity contribution in [1.29, 1.82) is 0 Å². The first-order valence-electron chi connectivity index (χ1n) is 8.39. The van der Waals surface area contributed by atoms with Crippen molar-refractivity contribution in [1.82, 2.24) is 9.78 Å². The number of anilines is 1. The highest BCUT2D eigenvalue weighted by molar-refractivity contribution is 5.84. The number of carbonyl (C=O) groups is 1. The van der Waals surface area contributed by atoms with E-state index in [4.69, 9.17) is 9.57 Å². The maximum absolute atomic E-state index is 11.4. The quantitative estimate of drug-likeness (QED) is 0.666. The van der Waals surface area contributed by atoms with E-state index < -0.39 is 6.09 Å². The predicted molar refractivity (Wildman–Crippen MR) is 102 cm³/mol. The molecule has 0 spiro atoms. The number of benzene rings is 2. The summed E-state index contributed by atoms with van der Waals surface area (Å²) in [5.41, 5.74) is 4.03. The van der Waals surface area contributed by atoms with Crippen LogP contribution in [0.3, 0.4) is 0 Å². The van der Waals surface area contributed by atoms with Gasteiger partial charge in [-0.1, -0.05) is 48.5 Å². The van der Waals surface area contributed by atoms with Gasteiger partial charge in [0.05, 0.1) is 18.5 Å². The Morgan fingerprint density at radius 2 is 1.81 bits per heavy atom. The van der Waals surface area contributed by atoms with Crippen molar-refractivity contribution >= 4 is 11.8 Å². The summed E-state index contributed by atoms with van der Waals surface area (Å²) in [6.45, 7) is 2.12. The molecule has 2 aromatic carbocycles. The van der Waals surface area contributed by atoms with E-state index in [1.54, 1.807) is 22.9 Å². The molecule has 0 radical (unpaired) electrons. The monoisotopic (exact) mass is 367 g/mol. The molecule has 7 nitrogen and oxygen atoms in total. The van der Waals surface area contributed by atoms with Gasteiger partial charge < -0.3 is 9.84 Å². The molecular weight excluding hydrogens is 346 g/mol. The molecule has 0 aliphatic carbocycles. The van der Waals surface area contributed by atoms with Crippen LogP contribution in [0.4, 0.5) is 10.5 Å². The number of rotatable bonds is 6. The number of aromatic nitrogens is 2. The fourth-order valence-corrected chi connectivity index (χ4v) is 3.00. The Kier molecular flexibility index (Phi) is 5.42. The lowest BCUT2D eigenvalue weighted by atomic mass is 10.1. The molecule has 0 aliphatic rings. The van der Waals surface area contributed by atoms with E-state index in [0.29, 0.717) is 17.1 Å². The van der Waals surface area contributed by atoms with E-state index in [-0.39, 0.29) is 6.61 Å². The van der Waals surface area contributed by atoms with Crippen molar-refractivity contribution in [2.45, 2.75) is 13.5 Å². The van der Waals surface area contributed by atoms with Gasteiger partial charge in [0.25, 0.3) is 0 Å². The SMILES string of the molecule is CON(C(=O)O)c1ccccc1COc1nn(C)c(-c2ccccc2)c1C. The average Bonchev–Trinajstić information content (AvgIpc) is 2.95. The molecule has 0 bridgehead atoms. The minimum Gasteiger partial charge on any atom is -0.471 e. The van der Waals surface area contributed by atoms with E-state index in [2.05, 4.69) is 5.10 Å². The van der Waals surface area contributed by atoms with Crippen LogP contribution in [-0.4, -0.2) is 28.1 Å². The molecule has 1 amide bonds. The Morgan fingerprint density at radius 1 is 1.15 bits per heavy atom. The number of carboxylic acid groups (broad SMARTS) is 1. The van der Waals surface area contributed by atoms with E-state index >= 15 is 0 Å². The lowest BCUT2D eigenvalue weighted by molar-refractivity contribution is 0.129. The summed E-state index contributed by atoms with van der Waals surface area (Å²) in [7, 11) is 3.17. The normalized spacial score (nSPS) is 10.6. The van der Waals surface area contributed by atoms with E-state index in [1.165, 1.54) is 7.11 Å². The van der Waals surface area contributed by atoms with Crippen molar-refractivity contribution in [2.24, 2.45) is 7.05 Å². The summed E-state index contributed by atoms with van der Waals surface area (Å²) in [4.78, 5) is 16.3. The van der Waals surface area contributed by atoms with Crippen LogP contribution in [0.2, 0.25) is 0 Å². The molecule has 27 heavy (non-hydrogen) atoms. The molecule has 0 saturated carbocycles. The number of hydrogen-bond donors (Lipinski definition) is 1. The van der Waals surface area contributed by atoms with Crippen molar-refractivity contribution in [3.05, 3.63) is 65.7 Å². The Balaban J connectivity index is 1.86. The van der Waals surface area contributed by atoms with Gasteiger partial charge in [0.15, 0.2) is 0 Å². The highest BCUT2D eigenvalue weighted by Crippen LogP contribution is 2.30. The summed E-state index contributed by atoms with van der Waals surface area (Å²) < 4.78 is 7.70. The maximum atomic E-state index is 11.4. The third-order valence-electron chi connectivity index (χ3n) is 4.22. The average molecular weight is 367 g/mol. The third kappa shape index (κ3) is 3.78. The molecule has 0 fully saturated rings. The summed E-state index contributed by atoms with van der Waals surface area (Å²) in [5.74, 6) is 0.505. The zero-order valence-electron chi connectivity index (χ0n) is 15.4. The van der Waals surface area contributed by atoms with Gasteiger partial charge >= 0.3 is 6.09 Å². The fourth-order valence-electron chi connectivity index (χ4n) is 3.00. The number of ether oxygens (including phenoxy) is 1. The van der Waals surface area contributed by atoms with Crippen molar-refractivity contribution in [3.63, 3.8) is 0 Å². The second-order valence-corrected chi connectivity index (χ2v) is 5.95. The summed E-state index contributed by atoms with van der Waals surface area (Å²) >= 11 is 0. The minimum atomic E-state index is -1.20. The van der Waals surface area contributed by atoms with Crippen molar-refractivity contribution < 1.29 is 19.5 Å². The Labute approximate surface area is 157 Å². The van der Waals surface area contributed by atoms with Crippen LogP contribution in [-0.2, 0) is 18.5 Å². The molecular formula is C20H21N3O4. The summed E-state index contributed by atoms with van der Waals surface area (Å²) in [5, 5.41) is 14.6. The number of aryl methyl sites for hydroxylation is 1. The van der Waals surface area contributed by atoms with Crippen LogP contribution in [0.5, 0.6) is 5.88 Å².